The molecule has 6 heteroatoms. The van der Waals surface area contributed by atoms with E-state index in [0.717, 1.165) is 19.4 Å². The number of methoxy groups -OCH3 is 1. The number of carbonyl (C=O) groups excluding carboxylic acids is 1. The van der Waals surface area contributed by atoms with Gasteiger partial charge in [0.25, 0.3) is 0 Å². The molecule has 1 fully saturated rings. The molecule has 0 aromatic heterocycles. The molecule has 108 valence electrons. The van der Waals surface area contributed by atoms with Crippen molar-refractivity contribution < 1.29 is 14.3 Å². The predicted molar refractivity (Wildman–Crippen MR) is 81.1 cm³/mol. The first-order valence-electron chi connectivity index (χ1n) is 6.48. The molecule has 1 aliphatic heterocycles. The summed E-state index contributed by atoms with van der Waals surface area (Å²) in [5.41, 5.74) is 6.90. The van der Waals surface area contributed by atoms with Gasteiger partial charge in [-0.2, -0.15) is 0 Å². The van der Waals surface area contributed by atoms with Crippen LogP contribution in [0.3, 0.4) is 0 Å². The summed E-state index contributed by atoms with van der Waals surface area (Å²) in [7, 11) is 1.54. The topological polar surface area (TPSA) is 73.6 Å². The van der Waals surface area contributed by atoms with Gasteiger partial charge in [0.1, 0.15) is 10.7 Å². The first-order valence-corrected chi connectivity index (χ1v) is 6.89. The third kappa shape index (κ3) is 3.46. The van der Waals surface area contributed by atoms with Gasteiger partial charge in [-0.05, 0) is 31.0 Å². The molecule has 0 radical (unpaired) electrons. The highest BCUT2D eigenvalue weighted by atomic mass is 32.1. The summed E-state index contributed by atoms with van der Waals surface area (Å²) < 4.78 is 10.6. The van der Waals surface area contributed by atoms with E-state index in [9.17, 15) is 4.79 Å². The Morgan fingerprint density at radius 1 is 1.55 bits per heavy atom. The molecule has 1 aromatic rings. The van der Waals surface area contributed by atoms with Crippen LogP contribution < -0.4 is 15.8 Å². The monoisotopic (exact) mass is 294 g/mol. The Kier molecular flexibility index (Phi) is 4.92. The molecule has 1 aromatic carbocycles. The highest BCUT2D eigenvalue weighted by Gasteiger charge is 2.22. The van der Waals surface area contributed by atoms with E-state index in [4.69, 9.17) is 27.4 Å². The Labute approximate surface area is 123 Å². The number of hydrogen-bond donors (Lipinski definition) is 2. The SMILES string of the molecule is COc1cc(C(N)=S)ccc1NC(=O)C1CCCOC1. The molecular weight excluding hydrogens is 276 g/mol. The molecule has 0 spiro atoms. The number of rotatable bonds is 4. The van der Waals surface area contributed by atoms with Crippen molar-refractivity contribution in [3.63, 3.8) is 0 Å². The second-order valence-corrected chi connectivity index (χ2v) is 5.12. The van der Waals surface area contributed by atoms with Gasteiger partial charge in [0.2, 0.25) is 5.91 Å². The second-order valence-electron chi connectivity index (χ2n) is 4.68. The zero-order chi connectivity index (χ0) is 14.5. The van der Waals surface area contributed by atoms with Crippen molar-refractivity contribution >= 4 is 28.8 Å². The number of hydrogen-bond acceptors (Lipinski definition) is 4. The van der Waals surface area contributed by atoms with E-state index < -0.39 is 0 Å². The molecule has 2 rings (SSSR count). The summed E-state index contributed by atoms with van der Waals surface area (Å²) in [5.74, 6) is 0.384. The van der Waals surface area contributed by atoms with Crippen LogP contribution >= 0.6 is 12.2 Å². The number of benzene rings is 1. The van der Waals surface area contributed by atoms with Crippen molar-refractivity contribution in [3.8, 4) is 5.75 Å². The highest BCUT2D eigenvalue weighted by Crippen LogP contribution is 2.27. The van der Waals surface area contributed by atoms with Crippen LogP contribution in [0.2, 0.25) is 0 Å². The van der Waals surface area contributed by atoms with Gasteiger partial charge in [0.15, 0.2) is 0 Å². The van der Waals surface area contributed by atoms with Gasteiger partial charge >= 0.3 is 0 Å². The number of anilines is 1. The van der Waals surface area contributed by atoms with E-state index in [-0.39, 0.29) is 11.8 Å². The third-order valence-corrected chi connectivity index (χ3v) is 3.51. The maximum atomic E-state index is 12.2. The van der Waals surface area contributed by atoms with E-state index in [2.05, 4.69) is 5.32 Å². The largest absolute Gasteiger partial charge is 0.495 e. The van der Waals surface area contributed by atoms with Crippen LogP contribution in [-0.4, -0.2) is 31.2 Å². The molecule has 1 atom stereocenters. The fourth-order valence-corrected chi connectivity index (χ4v) is 2.26. The lowest BCUT2D eigenvalue weighted by Gasteiger charge is -2.21. The van der Waals surface area contributed by atoms with Gasteiger partial charge < -0.3 is 20.5 Å². The number of carbonyl (C=O) groups is 1. The standard InChI is InChI=1S/C14H18N2O3S/c1-18-12-7-9(13(15)20)4-5-11(12)16-14(17)10-3-2-6-19-8-10/h4-5,7,10H,2-3,6,8H2,1H3,(H2,15,20)(H,16,17). The summed E-state index contributed by atoms with van der Waals surface area (Å²) in [6, 6.07) is 5.22. The highest BCUT2D eigenvalue weighted by molar-refractivity contribution is 7.80. The first-order chi connectivity index (χ1) is 9.61. The average Bonchev–Trinajstić information content (AvgIpc) is 2.48. The molecule has 0 aliphatic carbocycles. The summed E-state index contributed by atoms with van der Waals surface area (Å²) in [6.07, 6.45) is 1.76. The van der Waals surface area contributed by atoms with Crippen LogP contribution in [0.1, 0.15) is 18.4 Å². The molecule has 3 N–H and O–H groups in total. The molecule has 0 saturated carbocycles. The fourth-order valence-electron chi connectivity index (χ4n) is 2.13. The normalized spacial score (nSPS) is 18.4. The van der Waals surface area contributed by atoms with Crippen molar-refractivity contribution in [1.29, 1.82) is 0 Å². The molecular formula is C14H18N2O3S. The zero-order valence-corrected chi connectivity index (χ0v) is 12.2. The minimum absolute atomic E-state index is 0.0499. The van der Waals surface area contributed by atoms with Crippen LogP contribution in [-0.2, 0) is 9.53 Å². The zero-order valence-electron chi connectivity index (χ0n) is 11.3. The van der Waals surface area contributed by atoms with Crippen LogP contribution in [0, 0.1) is 5.92 Å². The second kappa shape index (κ2) is 6.67. The number of thiocarbonyl (C=S) groups is 1. The maximum absolute atomic E-state index is 12.2. The van der Waals surface area contributed by atoms with Gasteiger partial charge in [0.05, 0.1) is 25.3 Å². The van der Waals surface area contributed by atoms with E-state index in [1.165, 1.54) is 7.11 Å². The molecule has 1 unspecified atom stereocenters. The molecule has 1 amide bonds. The number of nitrogens with two attached hydrogens (primary N) is 1. The Bertz CT molecular complexity index is 513. The lowest BCUT2D eigenvalue weighted by molar-refractivity contribution is -0.123. The minimum Gasteiger partial charge on any atom is -0.495 e. The molecule has 0 bridgehead atoms. The smallest absolute Gasteiger partial charge is 0.229 e. The van der Waals surface area contributed by atoms with E-state index in [0.29, 0.717) is 28.6 Å². The number of nitrogens with one attached hydrogen (secondary N) is 1. The van der Waals surface area contributed by atoms with Crippen LogP contribution in [0.25, 0.3) is 0 Å². The van der Waals surface area contributed by atoms with Gasteiger partial charge in [-0.3, -0.25) is 4.79 Å². The molecule has 20 heavy (non-hydrogen) atoms. The summed E-state index contributed by atoms with van der Waals surface area (Å²) in [4.78, 5) is 12.5. The van der Waals surface area contributed by atoms with E-state index in [1.54, 1.807) is 18.2 Å². The first kappa shape index (κ1) is 14.7. The lowest BCUT2D eigenvalue weighted by Crippen LogP contribution is -2.30. The quantitative estimate of drug-likeness (QED) is 0.827. The lowest BCUT2D eigenvalue weighted by atomic mass is 10.0. The Balaban J connectivity index is 2.11. The third-order valence-electron chi connectivity index (χ3n) is 3.28. The molecule has 1 saturated heterocycles. The molecule has 1 aliphatic rings. The Hall–Kier alpha value is -1.66. The van der Waals surface area contributed by atoms with Crippen molar-refractivity contribution in [2.24, 2.45) is 11.7 Å². The van der Waals surface area contributed by atoms with Gasteiger partial charge in [-0.1, -0.05) is 12.2 Å². The minimum atomic E-state index is -0.108. The number of amides is 1. The molecule has 1 heterocycles. The Morgan fingerprint density at radius 2 is 2.35 bits per heavy atom. The van der Waals surface area contributed by atoms with Gasteiger partial charge in [-0.15, -0.1) is 0 Å². The van der Waals surface area contributed by atoms with Crippen LogP contribution in [0.4, 0.5) is 5.69 Å². The predicted octanol–water partition coefficient (Wildman–Crippen LogP) is 1.69. The van der Waals surface area contributed by atoms with Crippen LogP contribution in [0.15, 0.2) is 18.2 Å². The summed E-state index contributed by atoms with van der Waals surface area (Å²) >= 11 is 4.92. The fraction of sp³-hybridized carbons (Fsp3) is 0.429. The van der Waals surface area contributed by atoms with Gasteiger partial charge in [0, 0.05) is 12.2 Å². The Morgan fingerprint density at radius 3 is 2.95 bits per heavy atom. The summed E-state index contributed by atoms with van der Waals surface area (Å²) in [6.45, 7) is 1.20. The van der Waals surface area contributed by atoms with Crippen LogP contribution in [0.5, 0.6) is 5.75 Å². The van der Waals surface area contributed by atoms with Gasteiger partial charge in [-0.25, -0.2) is 0 Å². The average molecular weight is 294 g/mol. The summed E-state index contributed by atoms with van der Waals surface area (Å²) in [5, 5.41) is 2.87. The molecule has 5 nitrogen and oxygen atoms in total. The van der Waals surface area contributed by atoms with E-state index >= 15 is 0 Å². The van der Waals surface area contributed by atoms with Crippen molar-refractivity contribution in [3.05, 3.63) is 23.8 Å². The van der Waals surface area contributed by atoms with E-state index in [1.807, 2.05) is 0 Å². The van der Waals surface area contributed by atoms with Crippen molar-refractivity contribution in [1.82, 2.24) is 0 Å². The number of ether oxygens (including phenoxy) is 2. The maximum Gasteiger partial charge on any atom is 0.229 e. The van der Waals surface area contributed by atoms with Crippen molar-refractivity contribution in [2.45, 2.75) is 12.8 Å². The van der Waals surface area contributed by atoms with Crippen molar-refractivity contribution in [2.75, 3.05) is 25.6 Å².